The quantitative estimate of drug-likeness (QED) is 0.672. The fraction of sp³-hybridized carbons (Fsp3) is 0.316. The lowest BCUT2D eigenvalue weighted by Gasteiger charge is -2.22. The van der Waals surface area contributed by atoms with Crippen LogP contribution >= 0.6 is 0 Å². The van der Waals surface area contributed by atoms with E-state index < -0.39 is 11.8 Å². The van der Waals surface area contributed by atoms with E-state index in [0.717, 1.165) is 18.5 Å². The number of ether oxygens (including phenoxy) is 1. The maximum atomic E-state index is 12.6. The Morgan fingerprint density at radius 3 is 2.83 bits per heavy atom. The summed E-state index contributed by atoms with van der Waals surface area (Å²) in [4.78, 5) is 32.9. The highest BCUT2D eigenvalue weighted by molar-refractivity contribution is 6.07. The molecule has 0 radical (unpaired) electrons. The smallest absolute Gasteiger partial charge is 0.277 e. The molecule has 0 aliphatic carbocycles. The van der Waals surface area contributed by atoms with Crippen molar-refractivity contribution in [1.29, 1.82) is 0 Å². The average molecular weight is 396 g/mol. The maximum absolute atomic E-state index is 12.6. The number of pyridine rings is 1. The molecule has 29 heavy (non-hydrogen) atoms. The van der Waals surface area contributed by atoms with Gasteiger partial charge in [0.15, 0.2) is 11.4 Å². The number of amides is 2. The molecule has 4 heterocycles. The predicted octanol–water partition coefficient (Wildman–Crippen LogP) is 1.94. The highest BCUT2D eigenvalue weighted by Crippen LogP contribution is 2.25. The molecule has 1 aliphatic rings. The summed E-state index contributed by atoms with van der Waals surface area (Å²) < 4.78 is 12.4. The van der Waals surface area contributed by atoms with Crippen LogP contribution in [0.25, 0.3) is 11.5 Å². The van der Waals surface area contributed by atoms with E-state index >= 15 is 0 Å². The molecule has 0 atom stereocenters. The first kappa shape index (κ1) is 18.8. The zero-order chi connectivity index (χ0) is 20.4. The zero-order valence-electron chi connectivity index (χ0n) is 15.8. The van der Waals surface area contributed by atoms with Crippen molar-refractivity contribution in [1.82, 2.24) is 19.7 Å². The first-order valence-electron chi connectivity index (χ1n) is 9.18. The molecule has 2 amide bonds. The van der Waals surface area contributed by atoms with Gasteiger partial charge in [-0.3, -0.25) is 19.3 Å². The van der Waals surface area contributed by atoms with Gasteiger partial charge in [0, 0.05) is 31.3 Å². The van der Waals surface area contributed by atoms with Crippen LogP contribution in [0.5, 0.6) is 0 Å². The molecule has 10 nitrogen and oxygen atoms in total. The molecule has 0 saturated carbocycles. The standard InChI is InChI=1S/C19H20N6O4/c1-11-13(3-2-6-21-11)19-23-15(10-29-19)18(27)22-14-9-25(24-16(14)17(20)26)12-4-7-28-8-5-12/h2-3,6,9-10,12H,4-5,7-8H2,1H3,(H2,20,26)(H,22,27). The van der Waals surface area contributed by atoms with E-state index in [2.05, 4.69) is 20.4 Å². The van der Waals surface area contributed by atoms with E-state index in [0.29, 0.717) is 18.8 Å². The van der Waals surface area contributed by atoms with Crippen LogP contribution in [0.2, 0.25) is 0 Å². The number of primary amides is 1. The fourth-order valence-corrected chi connectivity index (χ4v) is 3.20. The second-order valence-corrected chi connectivity index (χ2v) is 6.71. The summed E-state index contributed by atoms with van der Waals surface area (Å²) >= 11 is 0. The summed E-state index contributed by atoms with van der Waals surface area (Å²) in [5.74, 6) is -0.970. The van der Waals surface area contributed by atoms with Gasteiger partial charge in [0.2, 0.25) is 5.89 Å². The van der Waals surface area contributed by atoms with Crippen molar-refractivity contribution in [2.45, 2.75) is 25.8 Å². The van der Waals surface area contributed by atoms with Crippen molar-refractivity contribution in [2.24, 2.45) is 5.73 Å². The van der Waals surface area contributed by atoms with E-state index in [9.17, 15) is 9.59 Å². The molecule has 4 rings (SSSR count). The molecule has 150 valence electrons. The predicted molar refractivity (Wildman–Crippen MR) is 102 cm³/mol. The lowest BCUT2D eigenvalue weighted by atomic mass is 10.1. The highest BCUT2D eigenvalue weighted by Gasteiger charge is 2.23. The van der Waals surface area contributed by atoms with Crippen molar-refractivity contribution < 1.29 is 18.7 Å². The van der Waals surface area contributed by atoms with Crippen LogP contribution in [0, 0.1) is 6.92 Å². The van der Waals surface area contributed by atoms with Crippen LogP contribution in [0.1, 0.15) is 45.6 Å². The summed E-state index contributed by atoms with van der Waals surface area (Å²) in [5, 5.41) is 6.92. The Bertz CT molecular complexity index is 1050. The average Bonchev–Trinajstić information content (AvgIpc) is 3.37. The Kier molecular flexibility index (Phi) is 5.09. The van der Waals surface area contributed by atoms with Gasteiger partial charge in [0.1, 0.15) is 6.26 Å². The summed E-state index contributed by atoms with van der Waals surface area (Å²) in [5.41, 5.74) is 7.16. The topological polar surface area (TPSA) is 138 Å². The number of hydrogen-bond donors (Lipinski definition) is 2. The number of carbonyl (C=O) groups excluding carboxylic acids is 2. The van der Waals surface area contributed by atoms with E-state index in [1.807, 2.05) is 6.92 Å². The van der Waals surface area contributed by atoms with Crippen molar-refractivity contribution >= 4 is 17.5 Å². The Hall–Kier alpha value is -3.53. The lowest BCUT2D eigenvalue weighted by Crippen LogP contribution is -2.21. The minimum Gasteiger partial charge on any atom is -0.444 e. The summed E-state index contributed by atoms with van der Waals surface area (Å²) in [6, 6.07) is 3.65. The van der Waals surface area contributed by atoms with Crippen molar-refractivity contribution in [3.8, 4) is 11.5 Å². The minimum absolute atomic E-state index is 0.00309. The minimum atomic E-state index is -0.724. The number of nitrogens with zero attached hydrogens (tertiary/aromatic N) is 4. The number of oxazole rings is 1. The molecule has 10 heteroatoms. The van der Waals surface area contributed by atoms with E-state index in [1.54, 1.807) is 29.2 Å². The lowest BCUT2D eigenvalue weighted by molar-refractivity contribution is 0.0661. The van der Waals surface area contributed by atoms with Crippen LogP contribution in [-0.2, 0) is 4.74 Å². The number of nitrogens with two attached hydrogens (primary N) is 1. The highest BCUT2D eigenvalue weighted by atomic mass is 16.5. The SMILES string of the molecule is Cc1ncccc1-c1nc(C(=O)Nc2cn(C3CCOCC3)nc2C(N)=O)co1. The van der Waals surface area contributed by atoms with Crippen LogP contribution in [0.4, 0.5) is 5.69 Å². The fourth-order valence-electron chi connectivity index (χ4n) is 3.20. The number of rotatable bonds is 5. The normalized spacial score (nSPS) is 14.7. The number of anilines is 1. The molecule has 1 saturated heterocycles. The van der Waals surface area contributed by atoms with Crippen LogP contribution in [-0.4, -0.2) is 44.8 Å². The molecular formula is C19H20N6O4. The summed E-state index contributed by atoms with van der Waals surface area (Å²) in [6.45, 7) is 3.06. The third kappa shape index (κ3) is 3.87. The first-order valence-corrected chi connectivity index (χ1v) is 9.18. The van der Waals surface area contributed by atoms with Gasteiger partial charge in [-0.2, -0.15) is 5.10 Å². The van der Waals surface area contributed by atoms with E-state index in [-0.39, 0.29) is 29.0 Å². The second kappa shape index (κ2) is 7.84. The second-order valence-electron chi connectivity index (χ2n) is 6.71. The first-order chi connectivity index (χ1) is 14.0. The molecule has 0 bridgehead atoms. The van der Waals surface area contributed by atoms with Gasteiger partial charge in [-0.1, -0.05) is 0 Å². The third-order valence-corrected chi connectivity index (χ3v) is 4.75. The molecule has 3 aromatic rings. The van der Waals surface area contributed by atoms with E-state index in [1.165, 1.54) is 6.26 Å². The maximum Gasteiger partial charge on any atom is 0.277 e. The van der Waals surface area contributed by atoms with Gasteiger partial charge in [-0.25, -0.2) is 4.98 Å². The molecule has 1 fully saturated rings. The molecule has 0 aromatic carbocycles. The number of aryl methyl sites for hydroxylation is 1. The Morgan fingerprint density at radius 2 is 2.10 bits per heavy atom. The van der Waals surface area contributed by atoms with Gasteiger partial charge >= 0.3 is 0 Å². The molecule has 0 spiro atoms. The van der Waals surface area contributed by atoms with Crippen LogP contribution in [0.3, 0.4) is 0 Å². The number of nitrogens with one attached hydrogen (secondary N) is 1. The van der Waals surface area contributed by atoms with E-state index in [4.69, 9.17) is 14.9 Å². The Balaban J connectivity index is 1.56. The summed E-state index contributed by atoms with van der Waals surface area (Å²) in [6.07, 6.45) is 6.07. The van der Waals surface area contributed by atoms with Crippen molar-refractivity contribution in [2.75, 3.05) is 18.5 Å². The van der Waals surface area contributed by atoms with Gasteiger partial charge in [-0.15, -0.1) is 0 Å². The monoisotopic (exact) mass is 396 g/mol. The zero-order valence-corrected chi connectivity index (χ0v) is 15.8. The van der Waals surface area contributed by atoms with Crippen LogP contribution < -0.4 is 11.1 Å². The molecule has 1 aliphatic heterocycles. The largest absolute Gasteiger partial charge is 0.444 e. The summed E-state index contributed by atoms with van der Waals surface area (Å²) in [7, 11) is 0. The Morgan fingerprint density at radius 1 is 1.31 bits per heavy atom. The van der Waals surface area contributed by atoms with Gasteiger partial charge < -0.3 is 20.2 Å². The number of hydrogen-bond acceptors (Lipinski definition) is 7. The third-order valence-electron chi connectivity index (χ3n) is 4.75. The number of carbonyl (C=O) groups is 2. The molecule has 3 aromatic heterocycles. The molecule has 3 N–H and O–H groups in total. The molecular weight excluding hydrogens is 376 g/mol. The van der Waals surface area contributed by atoms with Crippen molar-refractivity contribution in [3.63, 3.8) is 0 Å². The van der Waals surface area contributed by atoms with Crippen molar-refractivity contribution in [3.05, 3.63) is 47.9 Å². The van der Waals surface area contributed by atoms with Gasteiger partial charge in [0.05, 0.1) is 17.3 Å². The van der Waals surface area contributed by atoms with Gasteiger partial charge in [-0.05, 0) is 31.9 Å². The Labute approximate surface area is 166 Å². The number of aromatic nitrogens is 4. The molecule has 0 unspecified atom stereocenters. The van der Waals surface area contributed by atoms with Gasteiger partial charge in [0.25, 0.3) is 11.8 Å². The van der Waals surface area contributed by atoms with Crippen LogP contribution in [0.15, 0.2) is 35.2 Å².